The van der Waals surface area contributed by atoms with Gasteiger partial charge in [0.05, 0.1) is 33.1 Å². The molecule has 0 atom stereocenters. The Morgan fingerprint density at radius 2 is 0.543 bits per heavy atom. The lowest BCUT2D eigenvalue weighted by Crippen LogP contribution is -2.06. The first kappa shape index (κ1) is 64.8. The van der Waals surface area contributed by atoms with Gasteiger partial charge in [-0.05, 0) is 109 Å². The predicted molar refractivity (Wildman–Crippen MR) is 483 cm³/mol. The number of furan rings is 2. The van der Waals surface area contributed by atoms with E-state index in [1.165, 1.54) is 61.9 Å². The number of thiophene rings is 3. The number of hydrogen-bond acceptors (Lipinski definition) is 11. The zero-order chi connectivity index (χ0) is 75.8. The van der Waals surface area contributed by atoms with Gasteiger partial charge in [0.2, 0.25) is 5.95 Å². The van der Waals surface area contributed by atoms with Gasteiger partial charge < -0.3 is 18.0 Å². The Morgan fingerprint density at radius 3 is 1.01 bits per heavy atom. The third-order valence-corrected chi connectivity index (χ3v) is 26.7. The molecule has 26 rings (SSSR count). The Balaban J connectivity index is 0.000000130. The highest BCUT2D eigenvalue weighted by Crippen LogP contribution is 2.51. The highest BCUT2D eigenvalue weighted by atomic mass is 32.1. The van der Waals surface area contributed by atoms with Crippen molar-refractivity contribution in [2.45, 2.75) is 0 Å². The number of rotatable bonds is 8. The van der Waals surface area contributed by atoms with Gasteiger partial charge in [0, 0.05) is 154 Å². The number of benzene rings is 16. The summed E-state index contributed by atoms with van der Waals surface area (Å²) in [5.41, 5.74) is 17.0. The number of hydrogen-bond donors (Lipinski definition) is 0. The molecule has 0 aliphatic rings. The molecule has 0 aliphatic heterocycles. The molecule has 116 heavy (non-hydrogen) atoms. The summed E-state index contributed by atoms with van der Waals surface area (Å²) in [4.78, 5) is 32.1. The molecule has 0 aliphatic carbocycles. The topological polar surface area (TPSA) is 118 Å². The van der Waals surface area contributed by atoms with Crippen molar-refractivity contribution in [1.82, 2.24) is 43.6 Å². The van der Waals surface area contributed by atoms with E-state index in [0.717, 1.165) is 147 Å². The van der Waals surface area contributed by atoms with Crippen molar-refractivity contribution in [2.75, 3.05) is 0 Å². The zero-order valence-electron chi connectivity index (χ0n) is 61.5. The normalized spacial score (nSPS) is 12.1. The van der Waals surface area contributed by atoms with Crippen LogP contribution < -0.4 is 0 Å². The van der Waals surface area contributed by atoms with Gasteiger partial charge in [-0.2, -0.15) is 9.97 Å². The van der Waals surface area contributed by atoms with E-state index in [-0.39, 0.29) is 0 Å². The largest absolute Gasteiger partial charge is 0.456 e. The highest BCUT2D eigenvalue weighted by Gasteiger charge is 2.28. The second-order valence-corrected chi connectivity index (χ2v) is 32.6. The van der Waals surface area contributed by atoms with Crippen LogP contribution in [0.1, 0.15) is 0 Å². The van der Waals surface area contributed by atoms with Gasteiger partial charge in [0.25, 0.3) is 0 Å². The van der Waals surface area contributed by atoms with Gasteiger partial charge in [-0.3, -0.25) is 4.57 Å². The molecule has 10 heterocycles. The minimum Gasteiger partial charge on any atom is -0.456 e. The van der Waals surface area contributed by atoms with Crippen molar-refractivity contribution in [1.29, 1.82) is 0 Å². The van der Waals surface area contributed by atoms with Gasteiger partial charge in [0.1, 0.15) is 22.3 Å². The fourth-order valence-corrected chi connectivity index (χ4v) is 21.6. The Hall–Kier alpha value is -14.8. The molecule has 0 unspecified atom stereocenters. The first-order valence-corrected chi connectivity index (χ1v) is 41.1. The van der Waals surface area contributed by atoms with Crippen LogP contribution in [0.15, 0.2) is 355 Å². The van der Waals surface area contributed by atoms with Crippen LogP contribution in [0.2, 0.25) is 0 Å². The molecule has 10 aromatic heterocycles. The standard InChI is InChI=1S/C51H29N5OS.C51H28N4OS2/c1-2-14-30(15-3-1)49-52-50(54-51(53-49)56-41-23-11-6-18-34(41)35-19-7-12-24-42(35)56)38-29-31(55-39-21-9-4-16-32(39)33-17-5-10-22-40(33)55)28-37-47-45(58-48(37)38)27-26-44-46(47)36-20-8-13-25-43(36)57-44;1-2-13-29(14-3-1)49-52-50(36-20-12-19-34-33-17-7-11-24-43(33)57-47(34)36)54-51(53-49)38-28-30(55-39-21-8-4-15-31(39)32-16-5-9-22-40(32)55)27-37-46-44(58-48(37)38)26-25-42-45(46)35-18-6-10-23-41(35)56-42/h1-29H;1-28H. The van der Waals surface area contributed by atoms with Crippen molar-refractivity contribution in [3.8, 4) is 74.3 Å². The van der Waals surface area contributed by atoms with E-state index in [0.29, 0.717) is 35.1 Å². The Bertz CT molecular complexity index is 8470. The van der Waals surface area contributed by atoms with Crippen molar-refractivity contribution >= 4 is 204 Å². The van der Waals surface area contributed by atoms with Crippen molar-refractivity contribution in [3.63, 3.8) is 0 Å². The van der Waals surface area contributed by atoms with Gasteiger partial charge in [0.15, 0.2) is 29.1 Å². The molecule has 0 radical (unpaired) electrons. The highest BCUT2D eigenvalue weighted by molar-refractivity contribution is 7.27. The van der Waals surface area contributed by atoms with Gasteiger partial charge in [-0.1, -0.05) is 237 Å². The van der Waals surface area contributed by atoms with Crippen LogP contribution in [0.4, 0.5) is 0 Å². The first-order chi connectivity index (χ1) is 57.5. The maximum atomic E-state index is 6.47. The molecule has 0 amide bonds. The molecular formula is C102H57N9O2S3. The maximum absolute atomic E-state index is 6.47. The molecule has 0 bridgehead atoms. The molecule has 0 fully saturated rings. The van der Waals surface area contributed by atoms with Crippen LogP contribution in [0, 0.1) is 0 Å². The predicted octanol–water partition coefficient (Wildman–Crippen LogP) is 28.3. The SMILES string of the molecule is c1ccc(-c2nc(-c3cc(-n4c5ccccc5c5ccccc54)cc4c3sc3ccc5oc6ccccc6c5c34)nc(-n3c4ccccc4c4ccccc43)n2)cc1.c1ccc(-c2nc(-c3cccc4c3sc3ccccc34)nc(-c3cc(-n4c5ccccc5c5ccccc54)cc4c3sc3ccc5oc6ccccc6c5c34)n2)cc1. The summed E-state index contributed by atoms with van der Waals surface area (Å²) in [6, 6.07) is 122. The van der Waals surface area contributed by atoms with Crippen LogP contribution >= 0.6 is 34.0 Å². The van der Waals surface area contributed by atoms with E-state index in [4.69, 9.17) is 38.7 Å². The lowest BCUT2D eigenvalue weighted by Gasteiger charge is -2.14. The summed E-state index contributed by atoms with van der Waals surface area (Å²) < 4.78 is 26.9. The van der Waals surface area contributed by atoms with Gasteiger partial charge in [-0.15, -0.1) is 34.0 Å². The average molecular weight is 1540 g/mol. The van der Waals surface area contributed by atoms with Crippen molar-refractivity contribution < 1.29 is 8.83 Å². The van der Waals surface area contributed by atoms with E-state index in [1.54, 1.807) is 34.0 Å². The number of nitrogens with zero attached hydrogens (tertiary/aromatic N) is 9. The third kappa shape index (κ3) is 9.81. The molecule has 16 aromatic carbocycles. The van der Waals surface area contributed by atoms with E-state index < -0.39 is 0 Å². The Kier molecular flexibility index (Phi) is 14.2. The first-order valence-electron chi connectivity index (χ1n) is 38.6. The molecule has 26 aromatic rings. The van der Waals surface area contributed by atoms with Crippen LogP contribution in [0.25, 0.3) is 244 Å². The second kappa shape index (κ2) is 25.4. The van der Waals surface area contributed by atoms with Crippen molar-refractivity contribution in [3.05, 3.63) is 346 Å². The third-order valence-electron chi connectivity index (χ3n) is 23.0. The van der Waals surface area contributed by atoms with Crippen LogP contribution in [-0.4, -0.2) is 43.6 Å². The van der Waals surface area contributed by atoms with E-state index in [9.17, 15) is 0 Å². The van der Waals surface area contributed by atoms with E-state index >= 15 is 0 Å². The van der Waals surface area contributed by atoms with E-state index in [2.05, 4.69) is 311 Å². The van der Waals surface area contributed by atoms with Crippen molar-refractivity contribution in [2.24, 2.45) is 0 Å². The molecule has 0 saturated heterocycles. The van der Waals surface area contributed by atoms with Crippen LogP contribution in [-0.2, 0) is 0 Å². The minimum absolute atomic E-state index is 0.570. The van der Waals surface area contributed by atoms with Gasteiger partial charge in [-0.25, -0.2) is 19.9 Å². The Morgan fingerprint density at radius 1 is 0.207 bits per heavy atom. The quantitative estimate of drug-likeness (QED) is 0.148. The average Bonchev–Trinajstić information content (AvgIpc) is 1.56. The molecule has 540 valence electrons. The summed E-state index contributed by atoms with van der Waals surface area (Å²) in [5, 5.41) is 18.7. The summed E-state index contributed by atoms with van der Waals surface area (Å²) in [7, 11) is 0. The lowest BCUT2D eigenvalue weighted by molar-refractivity contribution is 0.669. The number of aromatic nitrogens is 9. The second-order valence-electron chi connectivity index (χ2n) is 29.5. The monoisotopic (exact) mass is 1540 g/mol. The summed E-state index contributed by atoms with van der Waals surface area (Å²) in [5.74, 6) is 3.72. The summed E-state index contributed by atoms with van der Waals surface area (Å²) in [6.45, 7) is 0. The molecule has 11 nitrogen and oxygen atoms in total. The molecule has 0 N–H and O–H groups in total. The molecule has 0 spiro atoms. The summed E-state index contributed by atoms with van der Waals surface area (Å²) >= 11 is 5.34. The number of para-hydroxylation sites is 8. The Labute approximate surface area is 671 Å². The van der Waals surface area contributed by atoms with E-state index in [1.807, 2.05) is 48.5 Å². The molecular weight excluding hydrogens is 1480 g/mol. The van der Waals surface area contributed by atoms with Crippen LogP contribution in [0.5, 0.6) is 0 Å². The van der Waals surface area contributed by atoms with Gasteiger partial charge >= 0.3 is 0 Å². The fourth-order valence-electron chi connectivity index (χ4n) is 18.0. The maximum Gasteiger partial charge on any atom is 0.238 e. The summed E-state index contributed by atoms with van der Waals surface area (Å²) in [6.07, 6.45) is 0. The molecule has 14 heteroatoms. The lowest BCUT2D eigenvalue weighted by atomic mass is 10.0. The smallest absolute Gasteiger partial charge is 0.238 e. The zero-order valence-corrected chi connectivity index (χ0v) is 63.9. The fraction of sp³-hybridized carbons (Fsp3) is 0. The minimum atomic E-state index is 0.570. The van der Waals surface area contributed by atoms with Crippen LogP contribution in [0.3, 0.4) is 0 Å². The molecule has 0 saturated carbocycles. The number of fused-ring (bicyclic) bond motifs is 26.